The molecule has 0 atom stereocenters. The number of carboxylic acid groups (broad SMARTS) is 1. The molecule has 0 unspecified atom stereocenters. The van der Waals surface area contributed by atoms with E-state index in [-0.39, 0.29) is 12.1 Å². The van der Waals surface area contributed by atoms with E-state index in [1.807, 2.05) is 37.3 Å². The van der Waals surface area contributed by atoms with Crippen LogP contribution in [-0.2, 0) is 13.0 Å². The van der Waals surface area contributed by atoms with Crippen molar-refractivity contribution in [2.24, 2.45) is 0 Å². The van der Waals surface area contributed by atoms with Crippen LogP contribution in [0.1, 0.15) is 41.4 Å². The summed E-state index contributed by atoms with van der Waals surface area (Å²) in [7, 11) is 0. The first-order valence-electron chi connectivity index (χ1n) is 11.0. The average molecular weight is 445 g/mol. The second-order valence-corrected chi connectivity index (χ2v) is 7.93. The van der Waals surface area contributed by atoms with Crippen molar-refractivity contribution < 1.29 is 14.3 Å². The number of imidazole rings is 1. The van der Waals surface area contributed by atoms with E-state index in [0.717, 1.165) is 28.5 Å². The van der Waals surface area contributed by atoms with Gasteiger partial charge in [0.15, 0.2) is 0 Å². The number of hydrogen-bond acceptors (Lipinski definition) is 2. The molecule has 5 nitrogen and oxygen atoms in total. The number of rotatable bonds is 8. The van der Waals surface area contributed by atoms with Crippen molar-refractivity contribution in [3.63, 3.8) is 0 Å². The van der Waals surface area contributed by atoms with E-state index >= 15 is 4.39 Å². The number of halogens is 1. The molecule has 0 aliphatic heterocycles. The third kappa shape index (κ3) is 4.51. The number of aromatic carboxylic acids is 1. The molecular weight excluding hydrogens is 419 g/mol. The van der Waals surface area contributed by atoms with Gasteiger partial charge in [-0.05, 0) is 47.7 Å². The Morgan fingerprint density at radius 1 is 0.939 bits per heavy atom. The van der Waals surface area contributed by atoms with E-state index in [1.54, 1.807) is 48.5 Å². The van der Waals surface area contributed by atoms with Crippen molar-refractivity contribution in [2.45, 2.75) is 32.7 Å². The lowest BCUT2D eigenvalue weighted by molar-refractivity contribution is 0.0697. The maximum Gasteiger partial charge on any atom is 0.336 e. The second kappa shape index (κ2) is 9.69. The van der Waals surface area contributed by atoms with Gasteiger partial charge in [-0.2, -0.15) is 4.39 Å². The summed E-state index contributed by atoms with van der Waals surface area (Å²) in [6.45, 7) is 2.26. The summed E-state index contributed by atoms with van der Waals surface area (Å²) in [4.78, 5) is 24.7. The van der Waals surface area contributed by atoms with Crippen LogP contribution in [0.2, 0.25) is 0 Å². The van der Waals surface area contributed by atoms with Crippen molar-refractivity contribution in [3.8, 4) is 16.8 Å². The van der Waals surface area contributed by atoms with E-state index in [4.69, 9.17) is 0 Å². The fraction of sp³-hybridized carbons (Fsp3) is 0.185. The highest BCUT2D eigenvalue weighted by molar-refractivity contribution is 5.95. The highest BCUT2D eigenvalue weighted by Crippen LogP contribution is 2.25. The minimum Gasteiger partial charge on any atom is -0.478 e. The normalized spacial score (nSPS) is 11.0. The van der Waals surface area contributed by atoms with Crippen LogP contribution < -0.4 is 5.69 Å². The molecule has 3 aromatic carbocycles. The monoisotopic (exact) mass is 444 g/mol. The van der Waals surface area contributed by atoms with Gasteiger partial charge in [-0.15, -0.1) is 0 Å². The van der Waals surface area contributed by atoms with Crippen molar-refractivity contribution in [2.75, 3.05) is 0 Å². The average Bonchev–Trinajstić information content (AvgIpc) is 3.07. The lowest BCUT2D eigenvalue weighted by Gasteiger charge is -2.09. The van der Waals surface area contributed by atoms with Crippen LogP contribution >= 0.6 is 0 Å². The van der Waals surface area contributed by atoms with Crippen molar-refractivity contribution in [1.82, 2.24) is 9.13 Å². The van der Waals surface area contributed by atoms with Crippen LogP contribution in [-0.4, -0.2) is 20.2 Å². The van der Waals surface area contributed by atoms with Gasteiger partial charge in [0.1, 0.15) is 0 Å². The molecule has 0 amide bonds. The van der Waals surface area contributed by atoms with Gasteiger partial charge in [0.25, 0.3) is 0 Å². The minimum atomic E-state index is -0.987. The first-order valence-corrected chi connectivity index (χ1v) is 11.0. The predicted octanol–water partition coefficient (Wildman–Crippen LogP) is 5.53. The summed E-state index contributed by atoms with van der Waals surface area (Å²) in [5, 5.41) is 9.45. The van der Waals surface area contributed by atoms with Crippen LogP contribution in [0.4, 0.5) is 4.39 Å². The van der Waals surface area contributed by atoms with E-state index in [0.29, 0.717) is 23.4 Å². The Balaban J connectivity index is 1.71. The molecule has 168 valence electrons. The summed E-state index contributed by atoms with van der Waals surface area (Å²) >= 11 is 0. The summed E-state index contributed by atoms with van der Waals surface area (Å²) in [5.74, 6) is -1.51. The molecule has 1 heterocycles. The zero-order valence-corrected chi connectivity index (χ0v) is 18.4. The van der Waals surface area contributed by atoms with Crippen molar-refractivity contribution >= 4 is 5.97 Å². The molecule has 1 aromatic heterocycles. The van der Waals surface area contributed by atoms with Crippen LogP contribution in [0, 0.1) is 5.95 Å². The molecule has 1 N–H and O–H groups in total. The molecule has 33 heavy (non-hydrogen) atoms. The fourth-order valence-electron chi connectivity index (χ4n) is 4.00. The number of carboxylic acids is 1. The molecule has 0 radical (unpaired) electrons. The second-order valence-electron chi connectivity index (χ2n) is 7.93. The van der Waals surface area contributed by atoms with Crippen LogP contribution in [0.25, 0.3) is 16.8 Å². The molecule has 4 rings (SSSR count). The minimum absolute atomic E-state index is 0.227. The highest BCUT2D eigenvalue weighted by Gasteiger charge is 2.21. The summed E-state index contributed by atoms with van der Waals surface area (Å²) in [5.41, 5.74) is 2.93. The number of nitrogens with zero attached hydrogens (tertiary/aromatic N) is 2. The third-order valence-corrected chi connectivity index (χ3v) is 5.73. The van der Waals surface area contributed by atoms with E-state index in [2.05, 4.69) is 0 Å². The Bertz CT molecular complexity index is 1320. The molecule has 0 spiro atoms. The molecule has 6 heteroatoms. The largest absolute Gasteiger partial charge is 0.478 e. The number of carbonyl (C=O) groups is 1. The van der Waals surface area contributed by atoms with Crippen molar-refractivity contribution in [1.29, 1.82) is 0 Å². The maximum absolute atomic E-state index is 15.4. The zero-order chi connectivity index (χ0) is 23.4. The Kier molecular flexibility index (Phi) is 6.54. The third-order valence-electron chi connectivity index (χ3n) is 5.73. The number of para-hydroxylation sites is 1. The molecular formula is C27H25FN2O3. The van der Waals surface area contributed by atoms with Gasteiger partial charge in [0.2, 0.25) is 5.95 Å². The van der Waals surface area contributed by atoms with Gasteiger partial charge in [-0.1, -0.05) is 74.0 Å². The molecule has 0 aliphatic carbocycles. The molecule has 0 bridgehead atoms. The maximum atomic E-state index is 15.4. The Hall–Kier alpha value is -3.93. The van der Waals surface area contributed by atoms with E-state index < -0.39 is 17.6 Å². The van der Waals surface area contributed by atoms with Gasteiger partial charge < -0.3 is 5.11 Å². The Labute approximate surface area is 191 Å². The lowest BCUT2D eigenvalue weighted by Crippen LogP contribution is -2.25. The molecule has 4 aromatic rings. The van der Waals surface area contributed by atoms with Crippen LogP contribution in [0.15, 0.2) is 83.7 Å². The van der Waals surface area contributed by atoms with Gasteiger partial charge >= 0.3 is 11.7 Å². The topological polar surface area (TPSA) is 64.2 Å². The van der Waals surface area contributed by atoms with Crippen molar-refractivity contribution in [3.05, 3.63) is 112 Å². The summed E-state index contributed by atoms with van der Waals surface area (Å²) in [6, 6.07) is 23.0. The van der Waals surface area contributed by atoms with Gasteiger partial charge in [-0.25, -0.2) is 14.2 Å². The van der Waals surface area contributed by atoms with E-state index in [1.165, 1.54) is 4.57 Å². The van der Waals surface area contributed by atoms with Gasteiger partial charge in [-0.3, -0.25) is 4.57 Å². The number of hydrogen-bond donors (Lipinski definition) is 1. The SMILES string of the molecule is CCCCc1c(F)n(-c2ccccc2)c(=O)n1Cc1ccc(-c2ccccc2C(=O)O)cc1. The molecule has 0 saturated heterocycles. The summed E-state index contributed by atoms with van der Waals surface area (Å²) < 4.78 is 18.0. The standard InChI is InChI=1S/C27H25FN2O3/c1-2-3-13-24-25(28)30(21-9-5-4-6-10-21)27(33)29(24)18-19-14-16-20(17-15-19)22-11-7-8-12-23(22)26(31)32/h4-12,14-17H,2-3,13,18H2,1H3,(H,31,32). The Morgan fingerprint density at radius 3 is 2.27 bits per heavy atom. The number of aromatic nitrogens is 2. The molecule has 0 aliphatic rings. The number of unbranched alkanes of at least 4 members (excludes halogenated alkanes) is 1. The zero-order valence-electron chi connectivity index (χ0n) is 18.4. The first-order chi connectivity index (χ1) is 16.0. The lowest BCUT2D eigenvalue weighted by atomic mass is 9.99. The number of benzene rings is 3. The molecule has 0 saturated carbocycles. The smallest absolute Gasteiger partial charge is 0.336 e. The summed E-state index contributed by atoms with van der Waals surface area (Å²) in [6.07, 6.45) is 2.14. The van der Waals surface area contributed by atoms with Crippen LogP contribution in [0.3, 0.4) is 0 Å². The predicted molar refractivity (Wildman–Crippen MR) is 127 cm³/mol. The Morgan fingerprint density at radius 2 is 1.61 bits per heavy atom. The van der Waals surface area contributed by atoms with E-state index in [9.17, 15) is 14.7 Å². The van der Waals surface area contributed by atoms with Gasteiger partial charge in [0.05, 0.1) is 23.5 Å². The quantitative estimate of drug-likeness (QED) is 0.388. The fourth-order valence-corrected chi connectivity index (χ4v) is 4.00. The highest BCUT2D eigenvalue weighted by atomic mass is 19.1. The molecule has 0 fully saturated rings. The first kappa shape index (κ1) is 22.3. The van der Waals surface area contributed by atoms with Gasteiger partial charge in [0, 0.05) is 0 Å². The van der Waals surface area contributed by atoms with Crippen LogP contribution in [0.5, 0.6) is 0 Å².